The maximum Gasteiger partial charge on any atom is 0.0743 e. The van der Waals surface area contributed by atoms with E-state index in [0.717, 1.165) is 0 Å². The SMILES string of the molecule is Cc1cc(C)c(C(N)c2cc3sccc3s2)s1. The van der Waals surface area contributed by atoms with Crippen molar-refractivity contribution in [2.75, 3.05) is 0 Å². The Balaban J connectivity index is 2.04. The fourth-order valence-electron chi connectivity index (χ4n) is 2.04. The summed E-state index contributed by atoms with van der Waals surface area (Å²) in [5.74, 6) is 0. The van der Waals surface area contributed by atoms with Crippen LogP contribution in [0.1, 0.15) is 26.2 Å². The van der Waals surface area contributed by atoms with E-state index in [1.807, 2.05) is 22.7 Å². The summed E-state index contributed by atoms with van der Waals surface area (Å²) in [5, 5.41) is 2.14. The standard InChI is InChI=1S/C13H13NS3/c1-7-5-8(2)16-13(7)12(14)11-6-10-9(17-11)3-4-15-10/h3-6,12H,14H2,1-2H3. The van der Waals surface area contributed by atoms with E-state index < -0.39 is 0 Å². The van der Waals surface area contributed by atoms with E-state index in [1.54, 1.807) is 11.3 Å². The van der Waals surface area contributed by atoms with Crippen LogP contribution in [0.3, 0.4) is 0 Å². The molecule has 17 heavy (non-hydrogen) atoms. The summed E-state index contributed by atoms with van der Waals surface area (Å²) in [4.78, 5) is 3.92. The Morgan fingerprint density at radius 1 is 1.12 bits per heavy atom. The van der Waals surface area contributed by atoms with E-state index >= 15 is 0 Å². The summed E-state index contributed by atoms with van der Waals surface area (Å²) in [6.07, 6.45) is 0. The van der Waals surface area contributed by atoms with E-state index in [1.165, 1.54) is 29.6 Å². The summed E-state index contributed by atoms with van der Waals surface area (Å²) in [5.41, 5.74) is 7.70. The van der Waals surface area contributed by atoms with Gasteiger partial charge in [-0.05, 0) is 43.0 Å². The lowest BCUT2D eigenvalue weighted by Gasteiger charge is -2.08. The van der Waals surface area contributed by atoms with Crippen molar-refractivity contribution >= 4 is 43.4 Å². The Kier molecular flexibility index (Phi) is 2.83. The monoisotopic (exact) mass is 279 g/mol. The molecule has 0 aliphatic heterocycles. The molecule has 0 saturated heterocycles. The van der Waals surface area contributed by atoms with Crippen molar-refractivity contribution in [3.8, 4) is 0 Å². The molecule has 0 aliphatic rings. The van der Waals surface area contributed by atoms with Crippen molar-refractivity contribution in [3.63, 3.8) is 0 Å². The van der Waals surface area contributed by atoms with Crippen LogP contribution in [-0.2, 0) is 0 Å². The minimum atomic E-state index is 0.0401. The Morgan fingerprint density at radius 3 is 2.59 bits per heavy atom. The van der Waals surface area contributed by atoms with Crippen molar-refractivity contribution in [2.45, 2.75) is 19.9 Å². The summed E-state index contributed by atoms with van der Waals surface area (Å²) < 4.78 is 2.71. The van der Waals surface area contributed by atoms with Gasteiger partial charge in [-0.15, -0.1) is 34.0 Å². The highest BCUT2D eigenvalue weighted by Crippen LogP contribution is 2.37. The molecule has 0 aromatic carbocycles. The van der Waals surface area contributed by atoms with E-state index in [9.17, 15) is 0 Å². The number of rotatable bonds is 2. The van der Waals surface area contributed by atoms with E-state index in [4.69, 9.17) is 5.73 Å². The van der Waals surface area contributed by atoms with Crippen LogP contribution in [0.25, 0.3) is 9.40 Å². The lowest BCUT2D eigenvalue weighted by molar-refractivity contribution is 0.909. The molecule has 0 aliphatic carbocycles. The van der Waals surface area contributed by atoms with Crippen LogP contribution in [0.15, 0.2) is 23.6 Å². The molecule has 1 atom stereocenters. The van der Waals surface area contributed by atoms with E-state index in [-0.39, 0.29) is 6.04 Å². The fourth-order valence-corrected chi connectivity index (χ4v) is 5.30. The third-order valence-electron chi connectivity index (χ3n) is 2.83. The fraction of sp³-hybridized carbons (Fsp3) is 0.231. The number of aryl methyl sites for hydroxylation is 2. The van der Waals surface area contributed by atoms with Gasteiger partial charge in [-0.25, -0.2) is 0 Å². The molecular formula is C13H13NS3. The molecule has 2 N–H and O–H groups in total. The van der Waals surface area contributed by atoms with E-state index in [0.29, 0.717) is 0 Å². The van der Waals surface area contributed by atoms with E-state index in [2.05, 4.69) is 37.4 Å². The van der Waals surface area contributed by atoms with Gasteiger partial charge in [0.2, 0.25) is 0 Å². The van der Waals surface area contributed by atoms with Gasteiger partial charge >= 0.3 is 0 Å². The highest BCUT2D eigenvalue weighted by molar-refractivity contribution is 7.27. The molecule has 0 saturated carbocycles. The van der Waals surface area contributed by atoms with Crippen LogP contribution in [-0.4, -0.2) is 0 Å². The minimum Gasteiger partial charge on any atom is -0.319 e. The molecule has 0 spiro atoms. The Labute approximate surface area is 113 Å². The molecule has 0 amide bonds. The van der Waals surface area contributed by atoms with Gasteiger partial charge in [-0.3, -0.25) is 0 Å². The summed E-state index contributed by atoms with van der Waals surface area (Å²) in [7, 11) is 0. The molecule has 88 valence electrons. The van der Waals surface area contributed by atoms with Crippen molar-refractivity contribution in [2.24, 2.45) is 5.73 Å². The van der Waals surface area contributed by atoms with Crippen LogP contribution < -0.4 is 5.73 Å². The number of hydrogen-bond donors (Lipinski definition) is 1. The quantitative estimate of drug-likeness (QED) is 0.723. The van der Waals surface area contributed by atoms with Crippen LogP contribution >= 0.6 is 34.0 Å². The Hall–Kier alpha value is -0.680. The molecule has 3 heterocycles. The average molecular weight is 279 g/mol. The van der Waals surface area contributed by atoms with Gasteiger partial charge in [0.05, 0.1) is 6.04 Å². The first kappa shape index (κ1) is 11.4. The van der Waals surface area contributed by atoms with Crippen LogP contribution in [0, 0.1) is 13.8 Å². The van der Waals surface area contributed by atoms with Gasteiger partial charge in [0, 0.05) is 24.0 Å². The summed E-state index contributed by atoms with van der Waals surface area (Å²) >= 11 is 5.42. The lowest BCUT2D eigenvalue weighted by Crippen LogP contribution is -2.09. The van der Waals surface area contributed by atoms with Crippen molar-refractivity contribution in [3.05, 3.63) is 43.8 Å². The maximum atomic E-state index is 6.38. The predicted octanol–water partition coefficient (Wildman–Crippen LogP) is 4.69. The highest BCUT2D eigenvalue weighted by Gasteiger charge is 2.16. The third-order valence-corrected chi connectivity index (χ3v) is 6.24. The topological polar surface area (TPSA) is 26.0 Å². The summed E-state index contributed by atoms with van der Waals surface area (Å²) in [6, 6.07) is 6.67. The van der Waals surface area contributed by atoms with Gasteiger partial charge < -0.3 is 5.73 Å². The number of nitrogens with two attached hydrogens (primary N) is 1. The zero-order valence-corrected chi connectivity index (χ0v) is 12.1. The first-order valence-electron chi connectivity index (χ1n) is 5.44. The Bertz CT molecular complexity index is 631. The van der Waals surface area contributed by atoms with Crippen molar-refractivity contribution in [1.82, 2.24) is 0 Å². The summed E-state index contributed by atoms with van der Waals surface area (Å²) in [6.45, 7) is 4.29. The molecule has 1 nitrogen and oxygen atoms in total. The predicted molar refractivity (Wildman–Crippen MR) is 79.5 cm³/mol. The number of hydrogen-bond acceptors (Lipinski definition) is 4. The third kappa shape index (κ3) is 1.95. The average Bonchev–Trinajstić information content (AvgIpc) is 2.90. The zero-order valence-electron chi connectivity index (χ0n) is 9.69. The molecule has 0 radical (unpaired) electrons. The van der Waals surface area contributed by atoms with Crippen LogP contribution in [0.5, 0.6) is 0 Å². The largest absolute Gasteiger partial charge is 0.319 e. The molecule has 1 unspecified atom stereocenters. The lowest BCUT2D eigenvalue weighted by atomic mass is 10.1. The van der Waals surface area contributed by atoms with Gasteiger partial charge in [0.15, 0.2) is 0 Å². The number of thiophene rings is 3. The van der Waals surface area contributed by atoms with Gasteiger partial charge in [0.1, 0.15) is 0 Å². The highest BCUT2D eigenvalue weighted by atomic mass is 32.1. The second-order valence-electron chi connectivity index (χ2n) is 4.18. The van der Waals surface area contributed by atoms with Crippen molar-refractivity contribution < 1.29 is 0 Å². The first-order valence-corrected chi connectivity index (χ1v) is 7.96. The smallest absolute Gasteiger partial charge is 0.0743 e. The molecule has 0 bridgehead atoms. The molecule has 3 aromatic heterocycles. The minimum absolute atomic E-state index is 0.0401. The van der Waals surface area contributed by atoms with Gasteiger partial charge in [-0.2, -0.15) is 0 Å². The van der Waals surface area contributed by atoms with Gasteiger partial charge in [0.25, 0.3) is 0 Å². The molecule has 0 fully saturated rings. The molecular weight excluding hydrogens is 266 g/mol. The molecule has 4 heteroatoms. The number of fused-ring (bicyclic) bond motifs is 1. The molecule has 3 aromatic rings. The van der Waals surface area contributed by atoms with Crippen LogP contribution in [0.2, 0.25) is 0 Å². The maximum absolute atomic E-state index is 6.38. The normalized spacial score (nSPS) is 13.4. The van der Waals surface area contributed by atoms with Gasteiger partial charge in [-0.1, -0.05) is 0 Å². The second kappa shape index (κ2) is 4.21. The second-order valence-corrected chi connectivity index (χ2v) is 7.53. The first-order chi connectivity index (χ1) is 8.15. The Morgan fingerprint density at radius 2 is 1.94 bits per heavy atom. The zero-order chi connectivity index (χ0) is 12.0. The van der Waals surface area contributed by atoms with Crippen molar-refractivity contribution in [1.29, 1.82) is 0 Å². The van der Waals surface area contributed by atoms with Crippen LogP contribution in [0.4, 0.5) is 0 Å². The molecule has 3 rings (SSSR count).